The van der Waals surface area contributed by atoms with Crippen LogP contribution in [-0.4, -0.2) is 31.3 Å². The Morgan fingerprint density at radius 3 is 2.47 bits per heavy atom. The summed E-state index contributed by atoms with van der Waals surface area (Å²) in [5.74, 6) is 0.607. The molecule has 0 radical (unpaired) electrons. The molecule has 0 unspecified atom stereocenters. The Balaban J connectivity index is 1.58. The van der Waals surface area contributed by atoms with Crippen molar-refractivity contribution >= 4 is 17.7 Å². The van der Waals surface area contributed by atoms with E-state index in [0.717, 1.165) is 28.1 Å². The average Bonchev–Trinajstić information content (AvgIpc) is 3.40. The van der Waals surface area contributed by atoms with Crippen LogP contribution in [0, 0.1) is 0 Å². The average molecular weight is 413 g/mol. The van der Waals surface area contributed by atoms with Crippen molar-refractivity contribution in [1.29, 1.82) is 0 Å². The van der Waals surface area contributed by atoms with Crippen LogP contribution in [-0.2, 0) is 11.3 Å². The third-order valence-corrected chi connectivity index (χ3v) is 6.36. The Morgan fingerprint density at radius 2 is 1.73 bits per heavy atom. The van der Waals surface area contributed by atoms with Crippen LogP contribution in [0.2, 0.25) is 0 Å². The third kappa shape index (κ3) is 3.62. The summed E-state index contributed by atoms with van der Waals surface area (Å²) in [5, 5.41) is 4.82. The van der Waals surface area contributed by atoms with Crippen molar-refractivity contribution in [2.75, 3.05) is 5.75 Å². The Labute approximate surface area is 179 Å². The number of benzene rings is 2. The molecule has 5 rings (SSSR count). The normalized spacial score (nSPS) is 16.2. The highest BCUT2D eigenvalue weighted by Crippen LogP contribution is 2.43. The van der Waals surface area contributed by atoms with Crippen molar-refractivity contribution in [2.24, 2.45) is 0 Å². The number of carbonyl (C=O) groups excluding carboxylic acids is 1. The van der Waals surface area contributed by atoms with Crippen molar-refractivity contribution in [3.63, 3.8) is 0 Å². The van der Waals surface area contributed by atoms with E-state index in [4.69, 9.17) is 5.10 Å². The minimum Gasteiger partial charge on any atom is -0.321 e. The van der Waals surface area contributed by atoms with Crippen LogP contribution in [0.25, 0.3) is 16.9 Å². The van der Waals surface area contributed by atoms with Gasteiger partial charge in [0.2, 0.25) is 5.91 Å². The molecule has 1 aliphatic heterocycles. The quantitative estimate of drug-likeness (QED) is 0.476. The van der Waals surface area contributed by atoms with E-state index < -0.39 is 0 Å². The topological polar surface area (TPSA) is 51.0 Å². The summed E-state index contributed by atoms with van der Waals surface area (Å²) in [5.41, 5.74) is 5.01. The molecule has 0 N–H and O–H groups in total. The van der Waals surface area contributed by atoms with Crippen LogP contribution >= 0.6 is 11.8 Å². The molecular weight excluding hydrogens is 392 g/mol. The van der Waals surface area contributed by atoms with Crippen LogP contribution in [0.4, 0.5) is 0 Å². The van der Waals surface area contributed by atoms with Gasteiger partial charge in [-0.25, -0.2) is 4.68 Å². The zero-order chi connectivity index (χ0) is 20.3. The minimum atomic E-state index is -0.0922. The molecule has 0 bridgehead atoms. The smallest absolute Gasteiger partial charge is 0.234 e. The first kappa shape index (κ1) is 18.6. The maximum absolute atomic E-state index is 12.7. The maximum atomic E-state index is 12.7. The van der Waals surface area contributed by atoms with Gasteiger partial charge in [0, 0.05) is 36.3 Å². The maximum Gasteiger partial charge on any atom is 0.234 e. The van der Waals surface area contributed by atoms with Crippen molar-refractivity contribution in [3.05, 3.63) is 103 Å². The largest absolute Gasteiger partial charge is 0.321 e. The highest BCUT2D eigenvalue weighted by molar-refractivity contribution is 8.00. The first-order valence-corrected chi connectivity index (χ1v) is 10.8. The van der Waals surface area contributed by atoms with Gasteiger partial charge in [0.05, 0.1) is 17.1 Å². The molecule has 4 aromatic rings. The van der Waals surface area contributed by atoms with Gasteiger partial charge < -0.3 is 4.90 Å². The van der Waals surface area contributed by atoms with Crippen molar-refractivity contribution < 1.29 is 4.79 Å². The predicted octanol–water partition coefficient (Wildman–Crippen LogP) is 4.71. The van der Waals surface area contributed by atoms with Crippen LogP contribution in [0.3, 0.4) is 0 Å². The van der Waals surface area contributed by atoms with E-state index in [1.54, 1.807) is 18.0 Å². The molecule has 30 heavy (non-hydrogen) atoms. The number of hydrogen-bond acceptors (Lipinski definition) is 4. The molecule has 2 aromatic carbocycles. The Morgan fingerprint density at radius 1 is 0.967 bits per heavy atom. The summed E-state index contributed by atoms with van der Waals surface area (Å²) in [7, 11) is 0. The van der Waals surface area contributed by atoms with Gasteiger partial charge in [-0.1, -0.05) is 54.6 Å². The van der Waals surface area contributed by atoms with E-state index in [1.807, 2.05) is 76.4 Å². The zero-order valence-corrected chi connectivity index (χ0v) is 17.1. The van der Waals surface area contributed by atoms with Gasteiger partial charge in [-0.2, -0.15) is 5.10 Å². The number of thioether (sulfide) groups is 1. The standard InChI is InChI=1S/C24H20N4OS/c29-22-17-30-24(27(22)15-18-8-7-13-25-14-18)21-16-28(20-11-5-2-6-12-20)26-23(21)19-9-3-1-4-10-19/h1-14,16,24H,15,17H2/t24-/m0/s1. The summed E-state index contributed by atoms with van der Waals surface area (Å²) >= 11 is 1.65. The highest BCUT2D eigenvalue weighted by Gasteiger charge is 2.35. The second-order valence-electron chi connectivity index (χ2n) is 7.13. The van der Waals surface area contributed by atoms with E-state index in [-0.39, 0.29) is 11.3 Å². The van der Waals surface area contributed by atoms with Crippen LogP contribution < -0.4 is 0 Å². The third-order valence-electron chi connectivity index (χ3n) is 5.12. The molecule has 1 fully saturated rings. The summed E-state index contributed by atoms with van der Waals surface area (Å²) in [6.07, 6.45) is 5.63. The van der Waals surface area contributed by atoms with Crippen LogP contribution in [0.15, 0.2) is 91.4 Å². The Hall–Kier alpha value is -3.38. The first-order valence-electron chi connectivity index (χ1n) is 9.80. The molecule has 5 nitrogen and oxygen atoms in total. The van der Waals surface area contributed by atoms with E-state index in [0.29, 0.717) is 12.3 Å². The molecular formula is C24H20N4OS. The second-order valence-corrected chi connectivity index (χ2v) is 8.19. The molecule has 0 saturated carbocycles. The number of nitrogens with zero attached hydrogens (tertiary/aromatic N) is 4. The SMILES string of the molecule is O=C1CS[C@@H](c2cn(-c3ccccc3)nc2-c2ccccc2)N1Cc1cccnc1. The minimum absolute atomic E-state index is 0.0922. The van der Waals surface area contributed by atoms with Crippen molar-refractivity contribution in [2.45, 2.75) is 11.9 Å². The number of pyridine rings is 1. The van der Waals surface area contributed by atoms with E-state index >= 15 is 0 Å². The lowest BCUT2D eigenvalue weighted by Crippen LogP contribution is -2.27. The van der Waals surface area contributed by atoms with E-state index in [1.165, 1.54) is 0 Å². The molecule has 0 aliphatic carbocycles. The van der Waals surface area contributed by atoms with E-state index in [2.05, 4.69) is 23.3 Å². The molecule has 1 saturated heterocycles. The molecule has 1 aliphatic rings. The number of amides is 1. The molecule has 3 heterocycles. The summed E-state index contributed by atoms with van der Waals surface area (Å²) in [6.45, 7) is 0.537. The fourth-order valence-corrected chi connectivity index (χ4v) is 4.86. The van der Waals surface area contributed by atoms with Gasteiger partial charge in [0.1, 0.15) is 5.37 Å². The highest BCUT2D eigenvalue weighted by atomic mass is 32.2. The van der Waals surface area contributed by atoms with E-state index in [9.17, 15) is 4.79 Å². The van der Waals surface area contributed by atoms with Crippen molar-refractivity contribution in [3.8, 4) is 16.9 Å². The molecule has 2 aromatic heterocycles. The lowest BCUT2D eigenvalue weighted by atomic mass is 10.1. The number of aromatic nitrogens is 3. The summed E-state index contributed by atoms with van der Waals surface area (Å²) in [4.78, 5) is 18.9. The molecule has 148 valence electrons. The molecule has 6 heteroatoms. The lowest BCUT2D eigenvalue weighted by molar-refractivity contribution is -0.128. The number of rotatable bonds is 5. The van der Waals surface area contributed by atoms with Gasteiger partial charge in [-0.15, -0.1) is 11.8 Å². The molecule has 0 spiro atoms. The first-order chi connectivity index (χ1) is 14.8. The van der Waals surface area contributed by atoms with Gasteiger partial charge in [-0.3, -0.25) is 9.78 Å². The second kappa shape index (κ2) is 8.16. The molecule has 1 amide bonds. The van der Waals surface area contributed by atoms with Gasteiger partial charge in [0.25, 0.3) is 0 Å². The Kier molecular flexibility index (Phi) is 5.07. The van der Waals surface area contributed by atoms with Crippen LogP contribution in [0.5, 0.6) is 0 Å². The monoisotopic (exact) mass is 412 g/mol. The molecule has 1 atom stereocenters. The zero-order valence-electron chi connectivity index (χ0n) is 16.3. The predicted molar refractivity (Wildman–Crippen MR) is 119 cm³/mol. The number of carbonyl (C=O) groups is 1. The fraction of sp³-hybridized carbons (Fsp3) is 0.125. The lowest BCUT2D eigenvalue weighted by Gasteiger charge is -2.24. The van der Waals surface area contributed by atoms with Crippen LogP contribution in [0.1, 0.15) is 16.5 Å². The van der Waals surface area contributed by atoms with Gasteiger partial charge >= 0.3 is 0 Å². The van der Waals surface area contributed by atoms with Crippen molar-refractivity contribution in [1.82, 2.24) is 19.7 Å². The summed E-state index contributed by atoms with van der Waals surface area (Å²) in [6, 6.07) is 24.1. The number of para-hydroxylation sites is 1. The Bertz CT molecular complexity index is 1150. The summed E-state index contributed by atoms with van der Waals surface area (Å²) < 4.78 is 1.91. The number of hydrogen-bond donors (Lipinski definition) is 0. The van der Waals surface area contributed by atoms with Gasteiger partial charge in [0.15, 0.2) is 0 Å². The van der Waals surface area contributed by atoms with Gasteiger partial charge in [-0.05, 0) is 23.8 Å². The fourth-order valence-electron chi connectivity index (χ4n) is 3.67.